The first-order valence-electron chi connectivity index (χ1n) is 5.66. The third kappa shape index (κ3) is 2.28. The minimum Gasteiger partial charge on any atom is -0.399 e. The van der Waals surface area contributed by atoms with Gasteiger partial charge in [-0.15, -0.1) is 0 Å². The van der Waals surface area contributed by atoms with Crippen LogP contribution in [0.1, 0.15) is 17.4 Å². The van der Waals surface area contributed by atoms with E-state index in [1.165, 1.54) is 4.90 Å². The summed E-state index contributed by atoms with van der Waals surface area (Å²) in [6, 6.07) is 5.24. The Balaban J connectivity index is 2.36. The molecule has 0 saturated heterocycles. The summed E-state index contributed by atoms with van der Waals surface area (Å²) in [6.07, 6.45) is -0.575. The van der Waals surface area contributed by atoms with Gasteiger partial charge in [-0.25, -0.2) is 0 Å². The number of aliphatic hydroxyl groups is 1. The molecule has 1 aromatic heterocycles. The molecule has 0 bridgehead atoms. The van der Waals surface area contributed by atoms with E-state index in [2.05, 4.69) is 10.2 Å². The molecule has 0 spiro atoms. The van der Waals surface area contributed by atoms with Crippen LogP contribution in [0.25, 0.3) is 10.9 Å². The second-order valence-electron chi connectivity index (χ2n) is 4.41. The third-order valence-corrected chi connectivity index (χ3v) is 2.67. The van der Waals surface area contributed by atoms with Crippen LogP contribution in [0.2, 0.25) is 0 Å². The van der Waals surface area contributed by atoms with E-state index in [1.807, 2.05) is 0 Å². The number of anilines is 1. The zero-order valence-electron chi connectivity index (χ0n) is 10.3. The number of nitrogens with one attached hydrogen (secondary N) is 1. The number of amides is 1. The Morgan fingerprint density at radius 3 is 3.00 bits per heavy atom. The van der Waals surface area contributed by atoms with E-state index in [0.29, 0.717) is 16.8 Å². The molecule has 2 aromatic rings. The van der Waals surface area contributed by atoms with Gasteiger partial charge < -0.3 is 15.7 Å². The van der Waals surface area contributed by atoms with Crippen molar-refractivity contribution in [3.63, 3.8) is 0 Å². The SMILES string of the molecule is CC(O)CN(C)C(=O)c1n[nH]c2ccc(N)cc12. The van der Waals surface area contributed by atoms with E-state index >= 15 is 0 Å². The number of aromatic amines is 1. The number of H-pyrrole nitrogens is 1. The van der Waals surface area contributed by atoms with Crippen molar-refractivity contribution in [3.8, 4) is 0 Å². The van der Waals surface area contributed by atoms with Gasteiger partial charge in [0.15, 0.2) is 5.69 Å². The molecular formula is C12H16N4O2. The minimum absolute atomic E-state index is 0.243. The van der Waals surface area contributed by atoms with Gasteiger partial charge in [-0.1, -0.05) is 0 Å². The summed E-state index contributed by atoms with van der Waals surface area (Å²) in [7, 11) is 1.63. The first-order valence-corrected chi connectivity index (χ1v) is 5.66. The smallest absolute Gasteiger partial charge is 0.274 e. The number of carbonyl (C=O) groups excluding carboxylic acids is 1. The van der Waals surface area contributed by atoms with Crippen molar-refractivity contribution in [2.24, 2.45) is 0 Å². The standard InChI is InChI=1S/C12H16N4O2/c1-7(17)6-16(2)12(18)11-9-5-8(13)3-4-10(9)14-15-11/h3-5,7,17H,6,13H2,1-2H3,(H,14,15). The van der Waals surface area contributed by atoms with Gasteiger partial charge in [0, 0.05) is 24.7 Å². The molecule has 0 fully saturated rings. The Hall–Kier alpha value is -2.08. The maximum atomic E-state index is 12.2. The molecule has 1 aromatic carbocycles. The first kappa shape index (κ1) is 12.4. The number of nitrogens with two attached hydrogens (primary N) is 1. The fraction of sp³-hybridized carbons (Fsp3) is 0.333. The van der Waals surface area contributed by atoms with Crippen LogP contribution in [0, 0.1) is 0 Å². The molecule has 96 valence electrons. The fourth-order valence-corrected chi connectivity index (χ4v) is 1.85. The van der Waals surface area contributed by atoms with Crippen molar-refractivity contribution in [1.29, 1.82) is 0 Å². The predicted molar refractivity (Wildman–Crippen MR) is 69.1 cm³/mol. The van der Waals surface area contributed by atoms with Gasteiger partial charge >= 0.3 is 0 Å². The van der Waals surface area contributed by atoms with Crippen LogP contribution in [-0.2, 0) is 0 Å². The lowest BCUT2D eigenvalue weighted by Crippen LogP contribution is -2.33. The van der Waals surface area contributed by atoms with Crippen LogP contribution in [-0.4, -0.2) is 45.8 Å². The van der Waals surface area contributed by atoms with E-state index in [-0.39, 0.29) is 12.5 Å². The van der Waals surface area contributed by atoms with Crippen LogP contribution in [0.3, 0.4) is 0 Å². The maximum Gasteiger partial charge on any atom is 0.274 e. The lowest BCUT2D eigenvalue weighted by molar-refractivity contribution is 0.0700. The van der Waals surface area contributed by atoms with E-state index in [1.54, 1.807) is 32.2 Å². The van der Waals surface area contributed by atoms with E-state index in [0.717, 1.165) is 5.52 Å². The zero-order valence-corrected chi connectivity index (χ0v) is 10.3. The monoisotopic (exact) mass is 248 g/mol. The van der Waals surface area contributed by atoms with Gasteiger partial charge in [0.25, 0.3) is 5.91 Å². The summed E-state index contributed by atoms with van der Waals surface area (Å²) < 4.78 is 0. The summed E-state index contributed by atoms with van der Waals surface area (Å²) in [5.74, 6) is -0.243. The number of nitrogen functional groups attached to an aromatic ring is 1. The molecule has 0 aliphatic rings. The van der Waals surface area contributed by atoms with Crippen molar-refractivity contribution < 1.29 is 9.90 Å². The van der Waals surface area contributed by atoms with Gasteiger partial charge in [0.05, 0.1) is 11.6 Å². The highest BCUT2D eigenvalue weighted by molar-refractivity contribution is 6.05. The van der Waals surface area contributed by atoms with Crippen LogP contribution in [0.4, 0.5) is 5.69 Å². The number of benzene rings is 1. The number of hydrogen-bond acceptors (Lipinski definition) is 4. The van der Waals surface area contributed by atoms with E-state index < -0.39 is 6.10 Å². The van der Waals surface area contributed by atoms with Crippen LogP contribution in [0.15, 0.2) is 18.2 Å². The summed E-state index contributed by atoms with van der Waals surface area (Å²) in [6.45, 7) is 1.89. The average molecular weight is 248 g/mol. The molecule has 0 saturated carbocycles. The van der Waals surface area contributed by atoms with Crippen molar-refractivity contribution in [1.82, 2.24) is 15.1 Å². The first-order chi connectivity index (χ1) is 8.49. The minimum atomic E-state index is -0.575. The van der Waals surface area contributed by atoms with E-state index in [9.17, 15) is 9.90 Å². The van der Waals surface area contributed by atoms with Gasteiger partial charge in [-0.2, -0.15) is 5.10 Å². The molecule has 18 heavy (non-hydrogen) atoms. The molecule has 0 aliphatic heterocycles. The number of fused-ring (bicyclic) bond motifs is 1. The number of nitrogens with zero attached hydrogens (tertiary/aromatic N) is 2. The molecule has 6 heteroatoms. The van der Waals surface area contributed by atoms with Crippen LogP contribution in [0.5, 0.6) is 0 Å². The highest BCUT2D eigenvalue weighted by Gasteiger charge is 2.19. The maximum absolute atomic E-state index is 12.2. The molecular weight excluding hydrogens is 232 g/mol. The van der Waals surface area contributed by atoms with Gasteiger partial charge in [-0.05, 0) is 25.1 Å². The Kier molecular flexibility index (Phi) is 3.20. The highest BCUT2D eigenvalue weighted by atomic mass is 16.3. The molecule has 0 aliphatic carbocycles. The number of carbonyl (C=O) groups is 1. The molecule has 1 heterocycles. The summed E-state index contributed by atoms with van der Waals surface area (Å²) in [4.78, 5) is 13.6. The van der Waals surface area contributed by atoms with Crippen molar-refractivity contribution in [3.05, 3.63) is 23.9 Å². The van der Waals surface area contributed by atoms with Crippen LogP contribution >= 0.6 is 0 Å². The topological polar surface area (TPSA) is 95.2 Å². The molecule has 6 nitrogen and oxygen atoms in total. The Labute approximate surface area is 104 Å². The second-order valence-corrected chi connectivity index (χ2v) is 4.41. The molecule has 1 amide bonds. The number of likely N-dealkylation sites (N-methyl/N-ethyl adjacent to an activating group) is 1. The number of rotatable bonds is 3. The lowest BCUT2D eigenvalue weighted by Gasteiger charge is -2.17. The third-order valence-electron chi connectivity index (χ3n) is 2.67. The van der Waals surface area contributed by atoms with Gasteiger partial charge in [0.1, 0.15) is 0 Å². The van der Waals surface area contributed by atoms with Crippen molar-refractivity contribution >= 4 is 22.5 Å². The number of aliphatic hydroxyl groups excluding tert-OH is 1. The number of aromatic nitrogens is 2. The molecule has 0 radical (unpaired) electrons. The molecule has 4 N–H and O–H groups in total. The second kappa shape index (κ2) is 4.66. The molecule has 2 rings (SSSR count). The summed E-state index contributed by atoms with van der Waals surface area (Å²) in [5, 5.41) is 16.8. The highest BCUT2D eigenvalue weighted by Crippen LogP contribution is 2.19. The van der Waals surface area contributed by atoms with Gasteiger partial charge in [0.2, 0.25) is 0 Å². The largest absolute Gasteiger partial charge is 0.399 e. The molecule has 1 atom stereocenters. The van der Waals surface area contributed by atoms with Gasteiger partial charge in [-0.3, -0.25) is 9.89 Å². The Morgan fingerprint density at radius 2 is 2.33 bits per heavy atom. The summed E-state index contributed by atoms with van der Waals surface area (Å²) >= 11 is 0. The fourth-order valence-electron chi connectivity index (χ4n) is 1.85. The Morgan fingerprint density at radius 1 is 1.61 bits per heavy atom. The van der Waals surface area contributed by atoms with Crippen molar-refractivity contribution in [2.75, 3.05) is 19.3 Å². The number of hydrogen-bond donors (Lipinski definition) is 3. The zero-order chi connectivity index (χ0) is 13.3. The van der Waals surface area contributed by atoms with Crippen LogP contribution < -0.4 is 5.73 Å². The summed E-state index contributed by atoms with van der Waals surface area (Å²) in [5.41, 5.74) is 7.36. The average Bonchev–Trinajstić information content (AvgIpc) is 2.69. The predicted octanol–water partition coefficient (Wildman–Crippen LogP) is 0.598. The van der Waals surface area contributed by atoms with Crippen molar-refractivity contribution in [2.45, 2.75) is 13.0 Å². The normalized spacial score (nSPS) is 12.6. The van der Waals surface area contributed by atoms with E-state index in [4.69, 9.17) is 5.73 Å². The Bertz CT molecular complexity index is 576. The lowest BCUT2D eigenvalue weighted by atomic mass is 10.1. The quantitative estimate of drug-likeness (QED) is 0.693. The molecule has 1 unspecified atom stereocenters.